The van der Waals surface area contributed by atoms with Crippen LogP contribution >= 0.6 is 34.8 Å². The topological polar surface area (TPSA) is 84.5 Å². The standard InChI is InChI=1S/C16H15Cl3N2O4S/c1-9(16(22)20-10-3-5-12(17)13(18)7-10)21-26(23,24)11-4-6-15(25-2)14(19)8-11/h3-9,21H,1-2H3,(H,20,22)/t9-/m1/s1. The lowest BCUT2D eigenvalue weighted by atomic mass is 10.3. The number of sulfonamides is 1. The van der Waals surface area contributed by atoms with Crippen LogP contribution in [0.25, 0.3) is 0 Å². The summed E-state index contributed by atoms with van der Waals surface area (Å²) < 4.78 is 32.1. The Balaban J connectivity index is 2.11. The number of nitrogens with one attached hydrogen (secondary N) is 2. The molecule has 6 nitrogen and oxygen atoms in total. The van der Waals surface area contributed by atoms with Gasteiger partial charge in [-0.1, -0.05) is 34.8 Å². The monoisotopic (exact) mass is 436 g/mol. The zero-order valence-corrected chi connectivity index (χ0v) is 16.8. The van der Waals surface area contributed by atoms with Crippen molar-refractivity contribution >= 4 is 56.4 Å². The van der Waals surface area contributed by atoms with Crippen molar-refractivity contribution in [3.05, 3.63) is 51.5 Å². The van der Waals surface area contributed by atoms with Crippen LogP contribution in [0.3, 0.4) is 0 Å². The minimum Gasteiger partial charge on any atom is -0.495 e. The number of carbonyl (C=O) groups excluding carboxylic acids is 1. The molecular weight excluding hydrogens is 423 g/mol. The number of methoxy groups -OCH3 is 1. The van der Waals surface area contributed by atoms with E-state index >= 15 is 0 Å². The molecule has 0 spiro atoms. The second-order valence-electron chi connectivity index (χ2n) is 5.26. The van der Waals surface area contributed by atoms with Crippen molar-refractivity contribution in [3.8, 4) is 5.75 Å². The maximum atomic E-state index is 12.4. The molecule has 2 aromatic rings. The summed E-state index contributed by atoms with van der Waals surface area (Å²) in [5.74, 6) is -0.220. The molecule has 0 aliphatic rings. The van der Waals surface area contributed by atoms with Crippen LogP contribution in [0, 0.1) is 0 Å². The van der Waals surface area contributed by atoms with Crippen molar-refractivity contribution in [2.45, 2.75) is 17.9 Å². The Hall–Kier alpha value is -1.51. The summed E-state index contributed by atoms with van der Waals surface area (Å²) in [7, 11) is -2.54. The van der Waals surface area contributed by atoms with Gasteiger partial charge in [-0.25, -0.2) is 8.42 Å². The number of benzene rings is 2. The molecule has 2 rings (SSSR count). The quantitative estimate of drug-likeness (QED) is 0.716. The normalized spacial score (nSPS) is 12.5. The molecule has 0 saturated heterocycles. The molecule has 2 aromatic carbocycles. The van der Waals surface area contributed by atoms with Gasteiger partial charge in [0.1, 0.15) is 5.75 Å². The van der Waals surface area contributed by atoms with Crippen LogP contribution in [0.15, 0.2) is 41.3 Å². The molecular formula is C16H15Cl3N2O4S. The minimum atomic E-state index is -3.96. The molecule has 2 N–H and O–H groups in total. The number of amides is 1. The summed E-state index contributed by atoms with van der Waals surface area (Å²) in [4.78, 5) is 12.1. The SMILES string of the molecule is COc1ccc(S(=O)(=O)N[C@H](C)C(=O)Nc2ccc(Cl)c(Cl)c2)cc1Cl. The lowest BCUT2D eigenvalue weighted by Gasteiger charge is -2.15. The summed E-state index contributed by atoms with van der Waals surface area (Å²) >= 11 is 17.6. The van der Waals surface area contributed by atoms with E-state index in [-0.39, 0.29) is 14.9 Å². The Kier molecular flexibility index (Phi) is 6.76. The predicted molar refractivity (Wildman–Crippen MR) is 103 cm³/mol. The summed E-state index contributed by atoms with van der Waals surface area (Å²) in [6.07, 6.45) is 0. The fourth-order valence-electron chi connectivity index (χ4n) is 1.99. The number of halogens is 3. The maximum Gasteiger partial charge on any atom is 0.242 e. The number of rotatable bonds is 6. The van der Waals surface area contributed by atoms with Crippen molar-refractivity contribution in [2.24, 2.45) is 0 Å². The number of hydrogen-bond acceptors (Lipinski definition) is 4. The van der Waals surface area contributed by atoms with Crippen LogP contribution in [-0.2, 0) is 14.8 Å². The molecule has 0 aliphatic heterocycles. The molecule has 26 heavy (non-hydrogen) atoms. The second kappa shape index (κ2) is 8.45. The van der Waals surface area contributed by atoms with E-state index in [2.05, 4.69) is 10.0 Å². The van der Waals surface area contributed by atoms with E-state index < -0.39 is 22.0 Å². The average Bonchev–Trinajstić information content (AvgIpc) is 2.57. The summed E-state index contributed by atoms with van der Waals surface area (Å²) in [5, 5.41) is 3.31. The van der Waals surface area contributed by atoms with Gasteiger partial charge in [-0.15, -0.1) is 0 Å². The van der Waals surface area contributed by atoms with Gasteiger partial charge in [0.05, 0.1) is 33.1 Å². The van der Waals surface area contributed by atoms with Crippen molar-refractivity contribution in [2.75, 3.05) is 12.4 Å². The summed E-state index contributed by atoms with van der Waals surface area (Å²) in [6.45, 7) is 1.41. The largest absolute Gasteiger partial charge is 0.495 e. The highest BCUT2D eigenvalue weighted by molar-refractivity contribution is 7.89. The van der Waals surface area contributed by atoms with Gasteiger partial charge < -0.3 is 10.1 Å². The van der Waals surface area contributed by atoms with Crippen LogP contribution in [-0.4, -0.2) is 27.5 Å². The first-order chi connectivity index (χ1) is 12.1. The first-order valence-electron chi connectivity index (χ1n) is 7.26. The van der Waals surface area contributed by atoms with Crippen LogP contribution in [0.2, 0.25) is 15.1 Å². The fraction of sp³-hybridized carbons (Fsp3) is 0.188. The van der Waals surface area contributed by atoms with Crippen LogP contribution in [0.4, 0.5) is 5.69 Å². The molecule has 1 amide bonds. The maximum absolute atomic E-state index is 12.4. The number of hydrogen-bond donors (Lipinski definition) is 2. The number of ether oxygens (including phenoxy) is 1. The average molecular weight is 438 g/mol. The van der Waals surface area contributed by atoms with Gasteiger partial charge in [-0.2, -0.15) is 4.72 Å². The fourth-order valence-corrected chi connectivity index (χ4v) is 3.84. The summed E-state index contributed by atoms with van der Waals surface area (Å²) in [6, 6.07) is 7.49. The van der Waals surface area contributed by atoms with Crippen LogP contribution < -0.4 is 14.8 Å². The third-order valence-corrected chi connectivity index (χ3v) is 5.92. The Morgan fingerprint density at radius 2 is 1.73 bits per heavy atom. The van der Waals surface area contributed by atoms with Crippen molar-refractivity contribution in [3.63, 3.8) is 0 Å². The summed E-state index contributed by atoms with van der Waals surface area (Å²) in [5.41, 5.74) is 0.392. The molecule has 0 aromatic heterocycles. The van der Waals surface area contributed by atoms with Crippen molar-refractivity contribution < 1.29 is 17.9 Å². The van der Waals surface area contributed by atoms with Gasteiger partial charge in [0.15, 0.2) is 0 Å². The predicted octanol–water partition coefficient (Wildman–Crippen LogP) is 3.96. The second-order valence-corrected chi connectivity index (χ2v) is 8.19. The molecule has 0 bridgehead atoms. The first kappa shape index (κ1) is 20.8. The van der Waals surface area contributed by atoms with E-state index in [4.69, 9.17) is 39.5 Å². The highest BCUT2D eigenvalue weighted by atomic mass is 35.5. The highest BCUT2D eigenvalue weighted by Gasteiger charge is 2.23. The van der Waals surface area contributed by atoms with E-state index in [0.717, 1.165) is 0 Å². The van der Waals surface area contributed by atoms with Crippen molar-refractivity contribution in [1.29, 1.82) is 0 Å². The minimum absolute atomic E-state index is 0.0857. The van der Waals surface area contributed by atoms with Gasteiger partial charge in [0.2, 0.25) is 15.9 Å². The molecule has 0 unspecified atom stereocenters. The molecule has 0 fully saturated rings. The Morgan fingerprint density at radius 3 is 2.31 bits per heavy atom. The van der Waals surface area contributed by atoms with Gasteiger partial charge in [-0.3, -0.25) is 4.79 Å². The Labute approximate surface area is 166 Å². The van der Waals surface area contributed by atoms with E-state index in [1.165, 1.54) is 44.4 Å². The molecule has 1 atom stereocenters. The Morgan fingerprint density at radius 1 is 1.04 bits per heavy atom. The number of anilines is 1. The third kappa shape index (κ3) is 5.02. The van der Waals surface area contributed by atoms with Crippen molar-refractivity contribution in [1.82, 2.24) is 4.72 Å². The third-order valence-electron chi connectivity index (χ3n) is 3.35. The van der Waals surface area contributed by atoms with Crippen LogP contribution in [0.1, 0.15) is 6.92 Å². The van der Waals surface area contributed by atoms with E-state index in [1.54, 1.807) is 6.07 Å². The highest BCUT2D eigenvalue weighted by Crippen LogP contribution is 2.27. The lowest BCUT2D eigenvalue weighted by Crippen LogP contribution is -2.41. The van der Waals surface area contributed by atoms with Gasteiger partial charge in [-0.05, 0) is 43.3 Å². The zero-order valence-electron chi connectivity index (χ0n) is 13.7. The van der Waals surface area contributed by atoms with Gasteiger partial charge in [0.25, 0.3) is 0 Å². The van der Waals surface area contributed by atoms with E-state index in [9.17, 15) is 13.2 Å². The van der Waals surface area contributed by atoms with E-state index in [1.807, 2.05) is 0 Å². The first-order valence-corrected chi connectivity index (χ1v) is 9.87. The van der Waals surface area contributed by atoms with E-state index in [0.29, 0.717) is 16.5 Å². The Bertz CT molecular complexity index is 935. The molecule has 10 heteroatoms. The number of carbonyl (C=O) groups is 1. The molecule has 0 aliphatic carbocycles. The van der Waals surface area contributed by atoms with Gasteiger partial charge in [0, 0.05) is 5.69 Å². The molecule has 140 valence electrons. The van der Waals surface area contributed by atoms with Crippen LogP contribution in [0.5, 0.6) is 5.75 Å². The molecule has 0 saturated carbocycles. The molecule has 0 heterocycles. The zero-order chi connectivity index (χ0) is 19.5. The smallest absolute Gasteiger partial charge is 0.242 e. The lowest BCUT2D eigenvalue weighted by molar-refractivity contribution is -0.117. The van der Waals surface area contributed by atoms with Gasteiger partial charge >= 0.3 is 0 Å². The molecule has 0 radical (unpaired) electrons.